The van der Waals surface area contributed by atoms with E-state index >= 15 is 0 Å². The molecule has 0 aliphatic rings. The summed E-state index contributed by atoms with van der Waals surface area (Å²) in [5.74, 6) is 0. The number of ether oxygens (including phenoxy) is 1. The maximum atomic E-state index is 5.12. The molecule has 0 aromatic rings. The highest BCUT2D eigenvalue weighted by atomic mass is 16.5. The molecule has 0 aromatic heterocycles. The van der Waals surface area contributed by atoms with Crippen molar-refractivity contribution < 1.29 is 4.74 Å². The molecular formula is C7H17NO. The minimum Gasteiger partial charge on any atom is -0.367 e. The van der Waals surface area contributed by atoms with Gasteiger partial charge in [0.15, 0.2) is 0 Å². The van der Waals surface area contributed by atoms with Gasteiger partial charge in [0.1, 0.15) is 6.23 Å². The summed E-state index contributed by atoms with van der Waals surface area (Å²) in [5.41, 5.74) is 0. The summed E-state index contributed by atoms with van der Waals surface area (Å²) in [4.78, 5) is 2.25. The van der Waals surface area contributed by atoms with Crippen LogP contribution in [-0.2, 0) is 4.74 Å². The van der Waals surface area contributed by atoms with E-state index in [2.05, 4.69) is 25.7 Å². The molecule has 0 rings (SSSR count). The van der Waals surface area contributed by atoms with Crippen LogP contribution in [0.5, 0.6) is 0 Å². The average Bonchev–Trinajstić information content (AvgIpc) is 1.90. The Balaban J connectivity index is 3.50. The quantitative estimate of drug-likeness (QED) is 0.533. The van der Waals surface area contributed by atoms with Crippen molar-refractivity contribution in [2.75, 3.05) is 20.2 Å². The van der Waals surface area contributed by atoms with E-state index in [-0.39, 0.29) is 6.23 Å². The first-order valence-corrected chi connectivity index (χ1v) is 3.53. The zero-order chi connectivity index (χ0) is 7.28. The SMILES string of the molecule is CCN(CC)C(C)OC. The standard InChI is InChI=1S/C7H17NO/c1-5-8(6-2)7(3)9-4/h7H,5-6H2,1-4H3. The topological polar surface area (TPSA) is 12.5 Å². The second-order valence-electron chi connectivity index (χ2n) is 2.06. The smallest absolute Gasteiger partial charge is 0.107 e. The molecule has 0 aliphatic carbocycles. The van der Waals surface area contributed by atoms with Gasteiger partial charge in [0.05, 0.1) is 0 Å². The summed E-state index contributed by atoms with van der Waals surface area (Å²) in [6.07, 6.45) is 0.264. The van der Waals surface area contributed by atoms with E-state index in [1.807, 2.05) is 0 Å². The van der Waals surface area contributed by atoms with E-state index < -0.39 is 0 Å². The van der Waals surface area contributed by atoms with Crippen LogP contribution in [0, 0.1) is 0 Å². The normalized spacial score (nSPS) is 14.3. The van der Waals surface area contributed by atoms with Crippen LogP contribution in [0.2, 0.25) is 0 Å². The summed E-state index contributed by atoms with van der Waals surface area (Å²) >= 11 is 0. The molecule has 0 saturated carbocycles. The second kappa shape index (κ2) is 4.77. The van der Waals surface area contributed by atoms with Gasteiger partial charge in [-0.05, 0) is 20.0 Å². The highest BCUT2D eigenvalue weighted by Crippen LogP contribution is 1.96. The van der Waals surface area contributed by atoms with E-state index in [4.69, 9.17) is 4.74 Å². The molecule has 0 aliphatic heterocycles. The Morgan fingerprint density at radius 2 is 1.78 bits per heavy atom. The molecule has 9 heavy (non-hydrogen) atoms. The van der Waals surface area contributed by atoms with Gasteiger partial charge in [-0.25, -0.2) is 0 Å². The molecule has 0 aromatic carbocycles. The lowest BCUT2D eigenvalue weighted by Crippen LogP contribution is -2.33. The monoisotopic (exact) mass is 131 g/mol. The molecular weight excluding hydrogens is 114 g/mol. The molecule has 0 heterocycles. The van der Waals surface area contributed by atoms with Crippen molar-refractivity contribution in [1.29, 1.82) is 0 Å². The first-order chi connectivity index (χ1) is 4.26. The van der Waals surface area contributed by atoms with E-state index in [0.717, 1.165) is 13.1 Å². The highest BCUT2D eigenvalue weighted by molar-refractivity contribution is 4.51. The molecule has 2 nitrogen and oxygen atoms in total. The maximum Gasteiger partial charge on any atom is 0.107 e. The Labute approximate surface area is 57.8 Å². The molecule has 0 radical (unpaired) electrons. The Morgan fingerprint density at radius 3 is 1.89 bits per heavy atom. The Morgan fingerprint density at radius 1 is 1.33 bits per heavy atom. The van der Waals surface area contributed by atoms with Crippen molar-refractivity contribution in [1.82, 2.24) is 4.90 Å². The minimum atomic E-state index is 0.264. The fraction of sp³-hybridized carbons (Fsp3) is 1.00. The number of rotatable bonds is 4. The van der Waals surface area contributed by atoms with Gasteiger partial charge < -0.3 is 4.74 Å². The zero-order valence-electron chi connectivity index (χ0n) is 6.85. The molecule has 0 fully saturated rings. The second-order valence-corrected chi connectivity index (χ2v) is 2.06. The fourth-order valence-corrected chi connectivity index (χ4v) is 0.887. The van der Waals surface area contributed by atoms with E-state index in [9.17, 15) is 0 Å². The summed E-state index contributed by atoms with van der Waals surface area (Å²) in [5, 5.41) is 0. The van der Waals surface area contributed by atoms with E-state index in [1.54, 1.807) is 7.11 Å². The molecule has 0 amide bonds. The highest BCUT2D eigenvalue weighted by Gasteiger charge is 2.06. The van der Waals surface area contributed by atoms with E-state index in [0.29, 0.717) is 0 Å². The van der Waals surface area contributed by atoms with Crippen LogP contribution in [0.1, 0.15) is 20.8 Å². The van der Waals surface area contributed by atoms with Crippen LogP contribution in [-0.4, -0.2) is 31.3 Å². The van der Waals surface area contributed by atoms with Gasteiger partial charge in [0.2, 0.25) is 0 Å². The molecule has 0 bridgehead atoms. The van der Waals surface area contributed by atoms with Crippen molar-refractivity contribution in [3.8, 4) is 0 Å². The summed E-state index contributed by atoms with van der Waals surface area (Å²) in [7, 11) is 1.74. The molecule has 0 spiro atoms. The number of methoxy groups -OCH3 is 1. The van der Waals surface area contributed by atoms with E-state index in [1.165, 1.54) is 0 Å². The summed E-state index contributed by atoms with van der Waals surface area (Å²) in [6, 6.07) is 0. The lowest BCUT2D eigenvalue weighted by Gasteiger charge is -2.24. The third-order valence-corrected chi connectivity index (χ3v) is 1.67. The molecule has 1 unspecified atom stereocenters. The van der Waals surface area contributed by atoms with Gasteiger partial charge >= 0.3 is 0 Å². The van der Waals surface area contributed by atoms with Crippen LogP contribution >= 0.6 is 0 Å². The van der Waals surface area contributed by atoms with Crippen LogP contribution < -0.4 is 0 Å². The fourth-order valence-electron chi connectivity index (χ4n) is 0.887. The number of hydrogen-bond acceptors (Lipinski definition) is 2. The molecule has 0 saturated heterocycles. The van der Waals surface area contributed by atoms with Crippen molar-refractivity contribution in [2.45, 2.75) is 27.0 Å². The van der Waals surface area contributed by atoms with Crippen molar-refractivity contribution in [3.63, 3.8) is 0 Å². The lowest BCUT2D eigenvalue weighted by molar-refractivity contribution is -0.0128. The van der Waals surface area contributed by atoms with Crippen molar-refractivity contribution in [2.24, 2.45) is 0 Å². The first-order valence-electron chi connectivity index (χ1n) is 3.53. The molecule has 0 N–H and O–H groups in total. The number of hydrogen-bond donors (Lipinski definition) is 0. The van der Waals surface area contributed by atoms with Crippen LogP contribution in [0.3, 0.4) is 0 Å². The largest absolute Gasteiger partial charge is 0.367 e. The Hall–Kier alpha value is -0.0800. The summed E-state index contributed by atoms with van der Waals surface area (Å²) in [6.45, 7) is 8.46. The predicted octanol–water partition coefficient (Wildman–Crippen LogP) is 1.32. The van der Waals surface area contributed by atoms with Gasteiger partial charge in [0.25, 0.3) is 0 Å². The predicted molar refractivity (Wildman–Crippen MR) is 39.4 cm³/mol. The van der Waals surface area contributed by atoms with Crippen LogP contribution in [0.4, 0.5) is 0 Å². The third kappa shape index (κ3) is 2.82. The van der Waals surface area contributed by atoms with Crippen LogP contribution in [0.15, 0.2) is 0 Å². The van der Waals surface area contributed by atoms with Gasteiger partial charge in [-0.1, -0.05) is 13.8 Å². The summed E-state index contributed by atoms with van der Waals surface area (Å²) < 4.78 is 5.12. The van der Waals surface area contributed by atoms with Crippen LogP contribution in [0.25, 0.3) is 0 Å². The van der Waals surface area contributed by atoms with Crippen molar-refractivity contribution in [3.05, 3.63) is 0 Å². The lowest BCUT2D eigenvalue weighted by atomic mass is 10.4. The van der Waals surface area contributed by atoms with Gasteiger partial charge in [-0.15, -0.1) is 0 Å². The minimum absolute atomic E-state index is 0.264. The average molecular weight is 131 g/mol. The maximum absolute atomic E-state index is 5.12. The molecule has 56 valence electrons. The molecule has 1 atom stereocenters. The first kappa shape index (κ1) is 8.92. The van der Waals surface area contributed by atoms with Gasteiger partial charge in [-0.2, -0.15) is 0 Å². The molecule has 2 heteroatoms. The zero-order valence-corrected chi connectivity index (χ0v) is 6.85. The Kier molecular flexibility index (Phi) is 4.72. The number of nitrogens with zero attached hydrogens (tertiary/aromatic N) is 1. The third-order valence-electron chi connectivity index (χ3n) is 1.67. The van der Waals surface area contributed by atoms with Gasteiger partial charge in [0, 0.05) is 7.11 Å². The Bertz CT molecular complexity index is 61.9. The van der Waals surface area contributed by atoms with Crippen molar-refractivity contribution >= 4 is 0 Å². The van der Waals surface area contributed by atoms with Gasteiger partial charge in [-0.3, -0.25) is 4.90 Å².